The van der Waals surface area contributed by atoms with E-state index in [0.29, 0.717) is 5.41 Å². The zero-order chi connectivity index (χ0) is 29.7. The summed E-state index contributed by atoms with van der Waals surface area (Å²) in [6.07, 6.45) is 8.17. The first kappa shape index (κ1) is 38.2. The monoisotopic (exact) mass is 882 g/mol. The standard InChI is InChI=1S/C13H25N2OSi.C8H13IN2.6CH3.ClH.2Sn/c1-12(2,3)17(6,7)16-13(4,5)10-15-9-8-14-11-15;1-8(2,3)5-11-4-7(9)10-6-11;;;;;;;;;/h9,11H,10H2,1-7H3;4,6H,5H2,1-3H3;6*1H3;1H;;/q;;;;;;;;;;+1/p-1. The van der Waals surface area contributed by atoms with Gasteiger partial charge in [-0.25, -0.2) is 4.98 Å². The third-order valence-electron chi connectivity index (χ3n) is 5.56. The molecule has 0 fully saturated rings. The van der Waals surface area contributed by atoms with Crippen LogP contribution < -0.4 is 3.71 Å². The number of halogens is 2. The van der Waals surface area contributed by atoms with Crippen molar-refractivity contribution >= 4 is 79.2 Å². The molecule has 5 nitrogen and oxygen atoms in total. The number of aromatic nitrogens is 4. The average Bonchev–Trinajstić information content (AvgIpc) is 3.18. The third-order valence-corrected chi connectivity index (χ3v) is 15.9. The summed E-state index contributed by atoms with van der Waals surface area (Å²) in [5, 5.41) is 0.242. The number of hydrogen-bond donors (Lipinski definition) is 0. The van der Waals surface area contributed by atoms with E-state index < -0.39 is 43.9 Å². The van der Waals surface area contributed by atoms with Gasteiger partial charge in [0.1, 0.15) is 3.70 Å². The van der Waals surface area contributed by atoms with E-state index in [1.807, 2.05) is 12.7 Å². The molecule has 2 aromatic heterocycles. The molecule has 10 heteroatoms. The fourth-order valence-electron chi connectivity index (χ4n) is 3.12. The van der Waals surface area contributed by atoms with Gasteiger partial charge in [0.15, 0.2) is 0 Å². The van der Waals surface area contributed by atoms with Crippen LogP contribution in [0.4, 0.5) is 0 Å². The molecule has 2 heterocycles. The van der Waals surface area contributed by atoms with Crippen LogP contribution >= 0.6 is 31.5 Å². The van der Waals surface area contributed by atoms with Gasteiger partial charge >= 0.3 is 178 Å². The maximum absolute atomic E-state index is 6.60. The molecule has 0 atom stereocenters. The van der Waals surface area contributed by atoms with Crippen molar-refractivity contribution < 1.29 is 4.43 Å². The van der Waals surface area contributed by atoms with Crippen LogP contribution in [0.25, 0.3) is 0 Å². The summed E-state index contributed by atoms with van der Waals surface area (Å²) in [5.41, 5.74) is 0.179. The second kappa shape index (κ2) is 14.4. The van der Waals surface area contributed by atoms with Crippen molar-refractivity contribution in [2.24, 2.45) is 5.41 Å². The van der Waals surface area contributed by atoms with Gasteiger partial charge in [0.2, 0.25) is 0 Å². The van der Waals surface area contributed by atoms with Crippen molar-refractivity contribution in [1.29, 1.82) is 0 Å². The molecular formula is C27H56ClIN4OSiSn2. The topological polar surface area (TPSA) is 44.9 Å². The molecule has 0 saturated heterocycles. The van der Waals surface area contributed by atoms with Gasteiger partial charge in [-0.05, 0) is 28.0 Å². The van der Waals surface area contributed by atoms with E-state index >= 15 is 0 Å². The first-order valence-corrected chi connectivity index (χ1v) is 39.4. The van der Waals surface area contributed by atoms with E-state index in [1.54, 1.807) is 0 Å². The fourth-order valence-corrected chi connectivity index (χ4v) is 8.20. The number of rotatable bonds is 6. The van der Waals surface area contributed by atoms with E-state index in [2.05, 4.69) is 152 Å². The van der Waals surface area contributed by atoms with Gasteiger partial charge in [0, 0.05) is 12.7 Å². The Bertz CT molecular complexity index is 943. The van der Waals surface area contributed by atoms with Crippen molar-refractivity contribution in [2.75, 3.05) is 0 Å². The summed E-state index contributed by atoms with van der Waals surface area (Å²) >= 11 is -1.54. The van der Waals surface area contributed by atoms with Crippen LogP contribution in [0.5, 0.6) is 0 Å². The zero-order valence-corrected chi connectivity index (χ0v) is 36.3. The van der Waals surface area contributed by atoms with Crippen molar-refractivity contribution in [2.45, 2.75) is 122 Å². The molecule has 0 spiro atoms. The quantitative estimate of drug-likeness (QED) is 0.216. The minimum atomic E-state index is -2.06. The normalized spacial score (nSPS) is 13.5. The SMILES string of the molecule is CC(C)(C)Cn1cnc(I)c1.CC(C)(Cn1cn[c]([Sn]([CH3])([CH3])[CH3])c1)O[Si](C)(C)C(C)(C)C.[CH3][Sn]([CH3])([CH3])[Cl]. The number of nitrogens with zero attached hydrogens (tertiary/aromatic N) is 4. The second-order valence-corrected chi connectivity index (χ2v) is 54.8. The third kappa shape index (κ3) is 18.3. The summed E-state index contributed by atoms with van der Waals surface area (Å²) in [5.74, 6) is 0. The molecule has 0 unspecified atom stereocenters. The van der Waals surface area contributed by atoms with E-state index in [0.717, 1.165) is 16.8 Å². The molecule has 0 saturated carbocycles. The van der Waals surface area contributed by atoms with Crippen molar-refractivity contribution in [3.8, 4) is 0 Å². The summed E-state index contributed by atoms with van der Waals surface area (Å²) in [7, 11) is 4.00. The Morgan fingerprint density at radius 2 is 1.27 bits per heavy atom. The molecule has 0 N–H and O–H groups in total. The van der Waals surface area contributed by atoms with E-state index in [9.17, 15) is 0 Å². The predicted molar refractivity (Wildman–Crippen MR) is 181 cm³/mol. The minimum absolute atomic E-state index is 0.158. The Balaban J connectivity index is 0.000000670. The molecule has 37 heavy (non-hydrogen) atoms. The van der Waals surface area contributed by atoms with E-state index in [1.165, 1.54) is 3.71 Å². The summed E-state index contributed by atoms with van der Waals surface area (Å²) in [6, 6.07) is 0. The molecule has 0 amide bonds. The van der Waals surface area contributed by atoms with Crippen LogP contribution in [0.3, 0.4) is 0 Å². The molecular weight excluding hydrogens is 824 g/mol. The molecule has 0 aliphatic carbocycles. The summed E-state index contributed by atoms with van der Waals surface area (Å²) < 4.78 is 13.3. The average molecular weight is 881 g/mol. The Hall–Kier alpha value is 1.21. The van der Waals surface area contributed by atoms with Crippen LogP contribution in [0, 0.1) is 9.12 Å². The van der Waals surface area contributed by atoms with Gasteiger partial charge in [-0.3, -0.25) is 0 Å². The van der Waals surface area contributed by atoms with Crippen molar-refractivity contribution in [1.82, 2.24) is 19.1 Å². The Labute approximate surface area is 256 Å². The van der Waals surface area contributed by atoms with Gasteiger partial charge < -0.3 is 4.57 Å². The fraction of sp³-hybridized carbons (Fsp3) is 0.778. The second-order valence-electron chi connectivity index (χ2n) is 15.3. The number of hydrogen-bond acceptors (Lipinski definition) is 3. The molecule has 0 aliphatic heterocycles. The van der Waals surface area contributed by atoms with E-state index in [4.69, 9.17) is 13.3 Å². The summed E-state index contributed by atoms with van der Waals surface area (Å²) in [4.78, 5) is 22.5. The predicted octanol–water partition coefficient (Wildman–Crippen LogP) is 8.82. The van der Waals surface area contributed by atoms with Gasteiger partial charge in [-0.2, -0.15) is 0 Å². The molecule has 216 valence electrons. The molecule has 0 bridgehead atoms. The Morgan fingerprint density at radius 3 is 1.59 bits per heavy atom. The van der Waals surface area contributed by atoms with Gasteiger partial charge in [0.05, 0.1) is 6.33 Å². The van der Waals surface area contributed by atoms with Crippen molar-refractivity contribution in [3.05, 3.63) is 28.7 Å². The van der Waals surface area contributed by atoms with E-state index in [-0.39, 0.29) is 10.6 Å². The molecule has 0 aromatic carbocycles. The number of imidazole rings is 2. The van der Waals surface area contributed by atoms with Gasteiger partial charge in [0.25, 0.3) is 0 Å². The zero-order valence-electron chi connectivity index (χ0n) is 26.7. The molecule has 0 radical (unpaired) electrons. The molecule has 2 rings (SSSR count). The van der Waals surface area contributed by atoms with Crippen molar-refractivity contribution in [3.63, 3.8) is 0 Å². The van der Waals surface area contributed by atoms with Crippen LogP contribution in [0.15, 0.2) is 25.0 Å². The van der Waals surface area contributed by atoms with Gasteiger partial charge in [-0.1, -0.05) is 20.8 Å². The maximum atomic E-state index is 6.60. The first-order valence-electron chi connectivity index (χ1n) is 13.2. The van der Waals surface area contributed by atoms with Crippen LogP contribution in [0.1, 0.15) is 55.4 Å². The first-order chi connectivity index (χ1) is 16.1. The molecule has 2 aromatic rings. The van der Waals surface area contributed by atoms with Crippen LogP contribution in [-0.2, 0) is 17.5 Å². The Morgan fingerprint density at radius 1 is 0.838 bits per heavy atom. The molecule has 0 aliphatic rings. The Kier molecular flexibility index (Phi) is 14.9. The van der Waals surface area contributed by atoms with Crippen LogP contribution in [0.2, 0.25) is 47.8 Å². The van der Waals surface area contributed by atoms with Gasteiger partial charge in [-0.15, -0.1) is 0 Å². The van der Waals surface area contributed by atoms with Crippen LogP contribution in [-0.4, -0.2) is 68.6 Å². The summed E-state index contributed by atoms with van der Waals surface area (Å²) in [6.45, 7) is 24.5.